The third-order valence-corrected chi connectivity index (χ3v) is 2.58. The molecule has 1 heterocycles. The quantitative estimate of drug-likeness (QED) is 0.583. The molecular formula is C13H12N2O5. The van der Waals surface area contributed by atoms with Crippen molar-refractivity contribution in [1.82, 2.24) is 4.98 Å². The maximum absolute atomic E-state index is 12.0. The summed E-state index contributed by atoms with van der Waals surface area (Å²) in [6.07, 6.45) is 0. The monoisotopic (exact) mass is 276 g/mol. The number of carboxylic acid groups (broad SMARTS) is 1. The maximum Gasteiger partial charge on any atom is 0.354 e. The molecule has 0 unspecified atom stereocenters. The SMILES string of the molecule is Cc1cc(NC(=O)c2cc(O)cc(O)c2)c(C(=O)O)[nH]1. The zero-order valence-electron chi connectivity index (χ0n) is 10.5. The van der Waals surface area contributed by atoms with E-state index in [1.165, 1.54) is 6.07 Å². The Morgan fingerprint density at radius 2 is 1.70 bits per heavy atom. The summed E-state index contributed by atoms with van der Waals surface area (Å²) >= 11 is 0. The van der Waals surface area contributed by atoms with Gasteiger partial charge in [-0.15, -0.1) is 0 Å². The van der Waals surface area contributed by atoms with Crippen LogP contribution in [0.1, 0.15) is 26.5 Å². The van der Waals surface area contributed by atoms with Crippen LogP contribution in [0.2, 0.25) is 0 Å². The summed E-state index contributed by atoms with van der Waals surface area (Å²) in [5.41, 5.74) is 0.567. The first-order chi connectivity index (χ1) is 9.36. The molecule has 0 atom stereocenters. The highest BCUT2D eigenvalue weighted by molar-refractivity contribution is 6.07. The number of hydrogen-bond donors (Lipinski definition) is 5. The van der Waals surface area contributed by atoms with E-state index in [-0.39, 0.29) is 28.4 Å². The average Bonchev–Trinajstić information content (AvgIpc) is 2.69. The summed E-state index contributed by atoms with van der Waals surface area (Å²) < 4.78 is 0. The van der Waals surface area contributed by atoms with E-state index in [2.05, 4.69) is 10.3 Å². The molecule has 0 aliphatic carbocycles. The molecule has 7 heteroatoms. The van der Waals surface area contributed by atoms with Gasteiger partial charge in [0.1, 0.15) is 17.2 Å². The van der Waals surface area contributed by atoms with Crippen molar-refractivity contribution in [3.63, 3.8) is 0 Å². The number of carboxylic acids is 1. The number of hydrogen-bond acceptors (Lipinski definition) is 4. The van der Waals surface area contributed by atoms with Gasteiger partial charge < -0.3 is 25.6 Å². The molecule has 7 nitrogen and oxygen atoms in total. The Bertz CT molecular complexity index is 670. The topological polar surface area (TPSA) is 123 Å². The molecule has 2 aromatic rings. The third kappa shape index (κ3) is 2.72. The molecule has 0 fully saturated rings. The van der Waals surface area contributed by atoms with Gasteiger partial charge in [0.15, 0.2) is 0 Å². The molecule has 20 heavy (non-hydrogen) atoms. The minimum Gasteiger partial charge on any atom is -0.508 e. The molecule has 1 amide bonds. The molecule has 5 N–H and O–H groups in total. The molecule has 0 aliphatic heterocycles. The number of amides is 1. The summed E-state index contributed by atoms with van der Waals surface area (Å²) in [6, 6.07) is 4.88. The van der Waals surface area contributed by atoms with Crippen LogP contribution in [0.3, 0.4) is 0 Å². The van der Waals surface area contributed by atoms with Gasteiger partial charge in [-0.2, -0.15) is 0 Å². The van der Waals surface area contributed by atoms with Crippen LogP contribution in [0.15, 0.2) is 24.3 Å². The maximum atomic E-state index is 12.0. The number of aromatic carboxylic acids is 1. The number of anilines is 1. The second-order valence-corrected chi connectivity index (χ2v) is 4.24. The van der Waals surface area contributed by atoms with Gasteiger partial charge in [-0.05, 0) is 25.1 Å². The highest BCUT2D eigenvalue weighted by Gasteiger charge is 2.16. The van der Waals surface area contributed by atoms with Crippen molar-refractivity contribution < 1.29 is 24.9 Å². The Hall–Kier alpha value is -2.96. The largest absolute Gasteiger partial charge is 0.508 e. The summed E-state index contributed by atoms with van der Waals surface area (Å²) in [5.74, 6) is -2.37. The molecule has 1 aromatic heterocycles. The lowest BCUT2D eigenvalue weighted by molar-refractivity contribution is 0.0692. The van der Waals surface area contributed by atoms with E-state index in [9.17, 15) is 19.8 Å². The fourth-order valence-electron chi connectivity index (χ4n) is 1.78. The van der Waals surface area contributed by atoms with E-state index in [4.69, 9.17) is 5.11 Å². The number of phenolic OH excluding ortho intramolecular Hbond substituents is 2. The van der Waals surface area contributed by atoms with Gasteiger partial charge in [0.05, 0.1) is 5.69 Å². The van der Waals surface area contributed by atoms with Crippen LogP contribution in [-0.2, 0) is 0 Å². The van der Waals surface area contributed by atoms with E-state index in [1.54, 1.807) is 6.92 Å². The van der Waals surface area contributed by atoms with Crippen LogP contribution in [0.4, 0.5) is 5.69 Å². The number of aromatic hydroxyl groups is 2. The van der Waals surface area contributed by atoms with Crippen molar-refractivity contribution in [3.05, 3.63) is 41.2 Å². The molecule has 1 aromatic carbocycles. The molecule has 104 valence electrons. The van der Waals surface area contributed by atoms with E-state index in [0.717, 1.165) is 18.2 Å². The molecule has 0 bridgehead atoms. The van der Waals surface area contributed by atoms with Crippen LogP contribution in [0.5, 0.6) is 11.5 Å². The minimum atomic E-state index is -1.20. The first-order valence-electron chi connectivity index (χ1n) is 5.64. The van der Waals surface area contributed by atoms with E-state index in [0.29, 0.717) is 5.69 Å². The van der Waals surface area contributed by atoms with Crippen LogP contribution >= 0.6 is 0 Å². The Kier molecular flexibility index (Phi) is 3.34. The number of carbonyl (C=O) groups is 2. The van der Waals surface area contributed by atoms with Crippen molar-refractivity contribution >= 4 is 17.6 Å². The van der Waals surface area contributed by atoms with Crippen molar-refractivity contribution in [2.24, 2.45) is 0 Å². The first kappa shape index (κ1) is 13.5. The lowest BCUT2D eigenvalue weighted by Crippen LogP contribution is -2.14. The molecule has 0 saturated heterocycles. The fourth-order valence-corrected chi connectivity index (χ4v) is 1.78. The van der Waals surface area contributed by atoms with Gasteiger partial charge in [0.25, 0.3) is 5.91 Å². The number of phenols is 2. The predicted molar refractivity (Wildman–Crippen MR) is 70.2 cm³/mol. The highest BCUT2D eigenvalue weighted by atomic mass is 16.4. The second kappa shape index (κ2) is 4.96. The number of benzene rings is 1. The Labute approximate surface area is 113 Å². The van der Waals surface area contributed by atoms with Crippen LogP contribution < -0.4 is 5.32 Å². The van der Waals surface area contributed by atoms with E-state index in [1.807, 2.05) is 0 Å². The van der Waals surface area contributed by atoms with Gasteiger partial charge in [0, 0.05) is 17.3 Å². The third-order valence-electron chi connectivity index (χ3n) is 2.58. The van der Waals surface area contributed by atoms with Crippen molar-refractivity contribution in [2.75, 3.05) is 5.32 Å². The molecule has 0 saturated carbocycles. The Morgan fingerprint density at radius 1 is 1.10 bits per heavy atom. The minimum absolute atomic E-state index is 0.0118. The molecule has 0 radical (unpaired) electrons. The van der Waals surface area contributed by atoms with Crippen LogP contribution in [-0.4, -0.2) is 32.2 Å². The van der Waals surface area contributed by atoms with Gasteiger partial charge in [-0.1, -0.05) is 0 Å². The van der Waals surface area contributed by atoms with Crippen LogP contribution in [0, 0.1) is 6.92 Å². The summed E-state index contributed by atoms with van der Waals surface area (Å²) in [5, 5.41) is 30.0. The number of nitrogens with one attached hydrogen (secondary N) is 2. The number of aromatic nitrogens is 1. The van der Waals surface area contributed by atoms with Crippen molar-refractivity contribution in [1.29, 1.82) is 0 Å². The van der Waals surface area contributed by atoms with E-state index < -0.39 is 11.9 Å². The first-order valence-corrected chi connectivity index (χ1v) is 5.64. The predicted octanol–water partition coefficient (Wildman–Crippen LogP) is 1.68. The van der Waals surface area contributed by atoms with Crippen molar-refractivity contribution in [3.8, 4) is 11.5 Å². The zero-order valence-corrected chi connectivity index (χ0v) is 10.5. The van der Waals surface area contributed by atoms with Crippen LogP contribution in [0.25, 0.3) is 0 Å². The number of carbonyl (C=O) groups excluding carboxylic acids is 1. The molecular weight excluding hydrogens is 264 g/mol. The van der Waals surface area contributed by atoms with Gasteiger partial charge in [-0.3, -0.25) is 4.79 Å². The Balaban J connectivity index is 2.30. The number of aryl methyl sites for hydroxylation is 1. The molecule has 0 aliphatic rings. The number of aromatic amines is 1. The normalized spacial score (nSPS) is 10.2. The smallest absolute Gasteiger partial charge is 0.354 e. The second-order valence-electron chi connectivity index (χ2n) is 4.24. The number of rotatable bonds is 3. The Morgan fingerprint density at radius 3 is 2.25 bits per heavy atom. The van der Waals surface area contributed by atoms with E-state index >= 15 is 0 Å². The van der Waals surface area contributed by atoms with Crippen molar-refractivity contribution in [2.45, 2.75) is 6.92 Å². The van der Waals surface area contributed by atoms with Gasteiger partial charge in [-0.25, -0.2) is 4.79 Å². The zero-order chi connectivity index (χ0) is 14.9. The van der Waals surface area contributed by atoms with Gasteiger partial charge >= 0.3 is 5.97 Å². The molecule has 0 spiro atoms. The lowest BCUT2D eigenvalue weighted by Gasteiger charge is -2.05. The summed E-state index contributed by atoms with van der Waals surface area (Å²) in [7, 11) is 0. The summed E-state index contributed by atoms with van der Waals surface area (Å²) in [6.45, 7) is 1.66. The summed E-state index contributed by atoms with van der Waals surface area (Å²) in [4.78, 5) is 25.6. The highest BCUT2D eigenvalue weighted by Crippen LogP contribution is 2.22. The fraction of sp³-hybridized carbons (Fsp3) is 0.0769. The number of H-pyrrole nitrogens is 1. The molecule has 2 rings (SSSR count). The van der Waals surface area contributed by atoms with Gasteiger partial charge in [0.2, 0.25) is 0 Å². The lowest BCUT2D eigenvalue weighted by atomic mass is 10.2. The standard InChI is InChI=1S/C13H12N2O5/c1-6-2-10(11(14-6)13(19)20)15-12(18)7-3-8(16)5-9(17)4-7/h2-5,14,16-17H,1H3,(H,15,18)(H,19,20). The average molecular weight is 276 g/mol.